The van der Waals surface area contributed by atoms with Crippen molar-refractivity contribution in [3.63, 3.8) is 0 Å². The highest BCUT2D eigenvalue weighted by Crippen LogP contribution is 2.20. The molecule has 0 aliphatic heterocycles. The van der Waals surface area contributed by atoms with E-state index in [1.165, 1.54) is 45.0 Å². The van der Waals surface area contributed by atoms with Crippen molar-refractivity contribution in [1.29, 1.82) is 5.41 Å². The molecular formula is C42H71N13O13S. The molecule has 69 heavy (non-hydrogen) atoms. The topological polar surface area (TPSA) is 459 Å². The minimum atomic E-state index is -1.83. The van der Waals surface area contributed by atoms with E-state index in [0.717, 1.165) is 6.92 Å². The van der Waals surface area contributed by atoms with Crippen molar-refractivity contribution in [2.24, 2.45) is 28.9 Å². The molecule has 0 bridgehead atoms. The van der Waals surface area contributed by atoms with Gasteiger partial charge in [-0.1, -0.05) is 32.4 Å². The van der Waals surface area contributed by atoms with Gasteiger partial charge in [0.25, 0.3) is 0 Å². The summed E-state index contributed by atoms with van der Waals surface area (Å²) < 4.78 is -1.47. The first-order valence-electron chi connectivity index (χ1n) is 22.1. The second-order valence-corrected chi connectivity index (χ2v) is 18.3. The summed E-state index contributed by atoms with van der Waals surface area (Å²) in [4.78, 5) is 120. The molecule has 0 saturated heterocycles. The van der Waals surface area contributed by atoms with Crippen LogP contribution in [0.3, 0.4) is 0 Å². The normalized spacial score (nSPS) is 16.1. The number of aliphatic carboxylic acids is 1. The number of nitrogens with two attached hydrogens (primary N) is 4. The Kier molecular flexibility index (Phi) is 25.4. The van der Waals surface area contributed by atoms with E-state index in [2.05, 4.69) is 55.2 Å². The Balaban J connectivity index is 3.58. The number of carbonyl (C=O) groups excluding carboxylic acids is 8. The number of hydrogen-bond acceptors (Lipinski definition) is 16. The standard InChI is InChI=1S/C42H71N13O13S/c1-7-19(2)29(45)37(64)53-30(20(3)56)38(65)51-26(17-22-10-12-23(58)13-11-22)36(63)55-32(42(5,6)69)39(66)52-27(18-28(44)59)35(62)49-24(9-8-16-48-41(46)47)33(60)50-25(14-15-43)34(61)54-31(21(4)57)40(67)68/h10-13,19-21,24-27,29-32,56-58,69H,7-9,14-18,43,45H2,1-6H3,(H2,44,59)(H,49,62)(H,50,60)(H,51,65)(H,52,66)(H,53,64)(H,54,61)(H,55,63)(H,67,68)(H4,46,47,48)/t19-,20+,21+,24-,25-,26-,27-,29-,30-,31-,32+/m0/s1. The maximum atomic E-state index is 14.2. The van der Waals surface area contributed by atoms with E-state index in [1.807, 2.05) is 6.92 Å². The summed E-state index contributed by atoms with van der Waals surface area (Å²) >= 11 is 4.50. The van der Waals surface area contributed by atoms with Gasteiger partial charge in [0, 0.05) is 17.7 Å². The second-order valence-electron chi connectivity index (χ2n) is 17.1. The quantitative estimate of drug-likeness (QED) is 0.0148. The number of amides is 8. The van der Waals surface area contributed by atoms with Crippen LogP contribution in [0.4, 0.5) is 0 Å². The van der Waals surface area contributed by atoms with Crippen molar-refractivity contribution >= 4 is 71.8 Å². The maximum absolute atomic E-state index is 14.2. The predicted molar refractivity (Wildman–Crippen MR) is 253 cm³/mol. The highest BCUT2D eigenvalue weighted by atomic mass is 32.1. The van der Waals surface area contributed by atoms with E-state index < -0.39 is 131 Å². The molecule has 0 spiro atoms. The number of rotatable bonds is 30. The number of aromatic hydroxyl groups is 1. The lowest BCUT2D eigenvalue weighted by Crippen LogP contribution is -2.64. The number of primary amides is 1. The number of carbonyl (C=O) groups is 9. The number of phenolic OH excluding ortho intramolecular Hbond substituents is 1. The molecule has 1 aromatic rings. The molecule has 1 rings (SSSR count). The zero-order chi connectivity index (χ0) is 52.9. The fraction of sp³-hybridized carbons (Fsp3) is 0.619. The van der Waals surface area contributed by atoms with Crippen LogP contribution in [0.15, 0.2) is 24.3 Å². The average Bonchev–Trinajstić information content (AvgIpc) is 3.25. The van der Waals surface area contributed by atoms with Crippen molar-refractivity contribution < 1.29 is 63.6 Å². The predicted octanol–water partition coefficient (Wildman–Crippen LogP) is -5.26. The molecule has 11 atom stereocenters. The summed E-state index contributed by atoms with van der Waals surface area (Å²) in [5.74, 6) is -10.5. The summed E-state index contributed by atoms with van der Waals surface area (Å²) in [5.41, 5.74) is 22.9. The minimum Gasteiger partial charge on any atom is -0.508 e. The Morgan fingerprint density at radius 2 is 1.17 bits per heavy atom. The van der Waals surface area contributed by atoms with Gasteiger partial charge in [-0.15, -0.1) is 0 Å². The van der Waals surface area contributed by atoms with Gasteiger partial charge in [0.1, 0.15) is 42.0 Å². The highest BCUT2D eigenvalue weighted by Gasteiger charge is 2.40. The molecule has 26 nitrogen and oxygen atoms in total. The van der Waals surface area contributed by atoms with Crippen molar-refractivity contribution in [2.45, 2.75) is 145 Å². The Labute approximate surface area is 405 Å². The van der Waals surface area contributed by atoms with E-state index in [9.17, 15) is 63.6 Å². The molecule has 0 radical (unpaired) electrons. The molecule has 1 aromatic carbocycles. The van der Waals surface area contributed by atoms with Gasteiger partial charge in [-0.3, -0.25) is 43.8 Å². The third-order valence-electron chi connectivity index (χ3n) is 10.7. The summed E-state index contributed by atoms with van der Waals surface area (Å²) in [6.45, 7) is 8.54. The summed E-state index contributed by atoms with van der Waals surface area (Å²) in [6, 6.07) is -6.91. The molecule has 0 unspecified atom stereocenters. The molecule has 8 amide bonds. The lowest BCUT2D eigenvalue weighted by atomic mass is 9.98. The largest absolute Gasteiger partial charge is 0.508 e. The first-order chi connectivity index (χ1) is 32.0. The summed E-state index contributed by atoms with van der Waals surface area (Å²) in [5, 5.41) is 66.3. The molecule has 21 N–H and O–H groups in total. The number of phenols is 1. The van der Waals surface area contributed by atoms with Crippen molar-refractivity contribution in [2.75, 3.05) is 13.1 Å². The van der Waals surface area contributed by atoms with Crippen LogP contribution in [-0.4, -0.2) is 158 Å². The molecule has 0 aliphatic rings. The van der Waals surface area contributed by atoms with Crippen LogP contribution in [0.5, 0.6) is 5.75 Å². The van der Waals surface area contributed by atoms with Crippen LogP contribution in [-0.2, 0) is 49.6 Å². The Morgan fingerprint density at radius 3 is 1.65 bits per heavy atom. The molecule has 27 heteroatoms. The average molecular weight is 998 g/mol. The number of benzene rings is 1. The minimum absolute atomic E-state index is 0.0190. The fourth-order valence-corrected chi connectivity index (χ4v) is 6.58. The lowest BCUT2D eigenvalue weighted by molar-refractivity contribution is -0.145. The Hall–Kier alpha value is -6.29. The number of hydrogen-bond donors (Lipinski definition) is 18. The van der Waals surface area contributed by atoms with Gasteiger partial charge in [0.2, 0.25) is 47.3 Å². The number of carboxylic acids is 1. The van der Waals surface area contributed by atoms with Gasteiger partial charge in [-0.25, -0.2) is 4.79 Å². The van der Waals surface area contributed by atoms with E-state index in [-0.39, 0.29) is 50.4 Å². The lowest BCUT2D eigenvalue weighted by Gasteiger charge is -2.33. The Bertz CT molecular complexity index is 1950. The molecule has 388 valence electrons. The summed E-state index contributed by atoms with van der Waals surface area (Å²) in [6.07, 6.45) is -4.00. The van der Waals surface area contributed by atoms with Gasteiger partial charge in [0.15, 0.2) is 12.0 Å². The molecule has 0 saturated carbocycles. The second kappa shape index (κ2) is 28.9. The molecule has 0 aromatic heterocycles. The van der Waals surface area contributed by atoms with Gasteiger partial charge in [-0.2, -0.15) is 12.6 Å². The number of thiol groups is 1. The van der Waals surface area contributed by atoms with Crippen LogP contribution in [0.1, 0.15) is 79.2 Å². The monoisotopic (exact) mass is 998 g/mol. The van der Waals surface area contributed by atoms with E-state index in [0.29, 0.717) is 12.0 Å². The SMILES string of the molecule is CC[C@H](C)[C@H](N)C(=O)N[C@H](C(=O)N[C@@H](Cc1ccc(O)cc1)C(=O)N[C@H](C(=O)N[C@@H](CC(N)=O)C(=O)N[C@@H](CCCNC(=N)N)C(=O)N[C@@H](CCN)C(=O)N[C@H](C(=O)O)[C@@H](C)O)C(C)(C)S)[C@@H](C)O. The third kappa shape index (κ3) is 21.3. The number of guanidine groups is 1. The summed E-state index contributed by atoms with van der Waals surface area (Å²) in [7, 11) is 0. The van der Waals surface area contributed by atoms with E-state index in [1.54, 1.807) is 6.92 Å². The van der Waals surface area contributed by atoms with Crippen LogP contribution >= 0.6 is 12.6 Å². The first kappa shape index (κ1) is 60.7. The molecule has 0 fully saturated rings. The third-order valence-corrected chi connectivity index (χ3v) is 10.9. The first-order valence-corrected chi connectivity index (χ1v) is 22.5. The van der Waals surface area contributed by atoms with Crippen LogP contribution in [0.25, 0.3) is 0 Å². The van der Waals surface area contributed by atoms with Crippen molar-refractivity contribution in [1.82, 2.24) is 42.5 Å². The van der Waals surface area contributed by atoms with E-state index in [4.69, 9.17) is 28.3 Å². The molecular weight excluding hydrogens is 927 g/mol. The van der Waals surface area contributed by atoms with Crippen molar-refractivity contribution in [3.05, 3.63) is 29.8 Å². The number of aliphatic hydroxyl groups is 2. The van der Waals surface area contributed by atoms with E-state index >= 15 is 0 Å². The molecule has 0 aliphatic carbocycles. The van der Waals surface area contributed by atoms with Gasteiger partial charge in [-0.05, 0) is 77.1 Å². The highest BCUT2D eigenvalue weighted by molar-refractivity contribution is 7.81. The smallest absolute Gasteiger partial charge is 0.328 e. The van der Waals surface area contributed by atoms with Gasteiger partial charge >= 0.3 is 5.97 Å². The van der Waals surface area contributed by atoms with Crippen LogP contribution < -0.4 is 65.5 Å². The fourth-order valence-electron chi connectivity index (χ4n) is 6.40. The molecule has 0 heterocycles. The number of nitrogens with one attached hydrogen (secondary N) is 9. The van der Waals surface area contributed by atoms with Gasteiger partial charge < -0.3 is 85.9 Å². The van der Waals surface area contributed by atoms with Crippen LogP contribution in [0, 0.1) is 11.3 Å². The number of aliphatic hydroxyl groups excluding tert-OH is 2. The maximum Gasteiger partial charge on any atom is 0.328 e. The number of carboxylic acid groups (broad SMARTS) is 1. The van der Waals surface area contributed by atoms with Crippen molar-refractivity contribution in [3.8, 4) is 5.75 Å². The van der Waals surface area contributed by atoms with Gasteiger partial charge in [0.05, 0.1) is 24.7 Å². The Morgan fingerprint density at radius 1 is 0.696 bits per heavy atom. The zero-order valence-electron chi connectivity index (χ0n) is 39.5. The zero-order valence-corrected chi connectivity index (χ0v) is 40.4. The van der Waals surface area contributed by atoms with Crippen LogP contribution in [0.2, 0.25) is 0 Å².